The summed E-state index contributed by atoms with van der Waals surface area (Å²) >= 11 is 0. The number of aromatic amines is 1. The first-order valence-corrected chi connectivity index (χ1v) is 6.09. The third-order valence-corrected chi connectivity index (χ3v) is 2.69. The number of carbonyl (C=O) groups is 2. The van der Waals surface area contributed by atoms with Crippen molar-refractivity contribution in [3.63, 3.8) is 0 Å². The van der Waals surface area contributed by atoms with Crippen LogP contribution >= 0.6 is 0 Å². The van der Waals surface area contributed by atoms with Crippen LogP contribution in [0.2, 0.25) is 0 Å². The summed E-state index contributed by atoms with van der Waals surface area (Å²) in [6.45, 7) is 1.76. The van der Waals surface area contributed by atoms with Gasteiger partial charge in [0.25, 0.3) is 5.91 Å². The molecule has 0 bridgehead atoms. The van der Waals surface area contributed by atoms with Gasteiger partial charge in [-0.2, -0.15) is 5.10 Å². The summed E-state index contributed by atoms with van der Waals surface area (Å²) in [5.41, 5.74) is 0.746. The fourth-order valence-corrected chi connectivity index (χ4v) is 1.67. The number of rotatable bonds is 5. The maximum absolute atomic E-state index is 12.2. The molecule has 108 valence electrons. The number of carboxylic acid groups (broad SMARTS) is 1. The van der Waals surface area contributed by atoms with Gasteiger partial charge in [0.1, 0.15) is 12.2 Å². The Hall–Kier alpha value is -3.03. The lowest BCUT2D eigenvalue weighted by Crippen LogP contribution is -2.28. The summed E-state index contributed by atoms with van der Waals surface area (Å²) in [6.07, 6.45) is 6.52. The molecule has 0 radical (unpaired) electrons. The van der Waals surface area contributed by atoms with Crippen LogP contribution in [0.3, 0.4) is 0 Å². The molecule has 0 saturated heterocycles. The van der Waals surface area contributed by atoms with Crippen LogP contribution in [-0.2, 0) is 4.79 Å². The Bertz CT molecular complexity index is 666. The Balaban J connectivity index is 2.17. The molecule has 0 aromatic carbocycles. The zero-order valence-corrected chi connectivity index (χ0v) is 11.1. The summed E-state index contributed by atoms with van der Waals surface area (Å²) in [6, 6.07) is 1.16. The summed E-state index contributed by atoms with van der Waals surface area (Å²) in [5, 5.41) is 17.8. The number of hydrogen-bond donors (Lipinski definition) is 3. The predicted octanol–water partition coefficient (Wildman–Crippen LogP) is 0.788. The molecule has 1 atom stereocenters. The SMILES string of the molecule is CC(NC(=O)c1ccncc1/C=C/C(=O)O)c1ncn[nH]1. The van der Waals surface area contributed by atoms with Crippen molar-refractivity contribution in [1.29, 1.82) is 0 Å². The maximum Gasteiger partial charge on any atom is 0.328 e. The highest BCUT2D eigenvalue weighted by Crippen LogP contribution is 2.12. The van der Waals surface area contributed by atoms with Gasteiger partial charge in [0.15, 0.2) is 0 Å². The van der Waals surface area contributed by atoms with Gasteiger partial charge in [-0.15, -0.1) is 0 Å². The van der Waals surface area contributed by atoms with Crippen LogP contribution in [0, 0.1) is 0 Å². The van der Waals surface area contributed by atoms with E-state index in [1.807, 2.05) is 0 Å². The molecule has 8 nitrogen and oxygen atoms in total. The van der Waals surface area contributed by atoms with Gasteiger partial charge < -0.3 is 10.4 Å². The van der Waals surface area contributed by atoms with Crippen LogP contribution < -0.4 is 5.32 Å². The predicted molar refractivity (Wildman–Crippen MR) is 73.2 cm³/mol. The van der Waals surface area contributed by atoms with Gasteiger partial charge >= 0.3 is 5.97 Å². The first kappa shape index (κ1) is 14.4. The number of carboxylic acids is 1. The molecule has 2 heterocycles. The van der Waals surface area contributed by atoms with E-state index in [-0.39, 0.29) is 11.9 Å². The van der Waals surface area contributed by atoms with Crippen LogP contribution in [0.1, 0.15) is 34.7 Å². The first-order valence-electron chi connectivity index (χ1n) is 6.09. The smallest absolute Gasteiger partial charge is 0.328 e. The number of pyridine rings is 1. The second kappa shape index (κ2) is 6.42. The molecular weight excluding hydrogens is 274 g/mol. The molecule has 3 N–H and O–H groups in total. The number of aliphatic carboxylic acids is 1. The molecule has 2 rings (SSSR count). The Morgan fingerprint density at radius 2 is 2.29 bits per heavy atom. The van der Waals surface area contributed by atoms with Crippen LogP contribution in [0.5, 0.6) is 0 Å². The minimum atomic E-state index is -1.10. The van der Waals surface area contributed by atoms with E-state index < -0.39 is 5.97 Å². The van der Waals surface area contributed by atoms with E-state index in [0.29, 0.717) is 17.0 Å². The van der Waals surface area contributed by atoms with Crippen LogP contribution in [0.25, 0.3) is 6.08 Å². The van der Waals surface area contributed by atoms with Gasteiger partial charge in [0.05, 0.1) is 6.04 Å². The molecule has 0 aliphatic heterocycles. The fourth-order valence-electron chi connectivity index (χ4n) is 1.67. The molecule has 1 unspecified atom stereocenters. The number of amides is 1. The zero-order chi connectivity index (χ0) is 15.2. The van der Waals surface area contributed by atoms with Crippen molar-refractivity contribution >= 4 is 18.0 Å². The van der Waals surface area contributed by atoms with E-state index in [2.05, 4.69) is 25.5 Å². The Morgan fingerprint density at radius 3 is 2.95 bits per heavy atom. The highest BCUT2D eigenvalue weighted by molar-refractivity contribution is 5.98. The Morgan fingerprint density at radius 1 is 1.48 bits per heavy atom. The number of nitrogens with one attached hydrogen (secondary N) is 2. The molecule has 21 heavy (non-hydrogen) atoms. The Kier molecular flexibility index (Phi) is 4.39. The molecule has 1 amide bonds. The highest BCUT2D eigenvalue weighted by atomic mass is 16.4. The highest BCUT2D eigenvalue weighted by Gasteiger charge is 2.15. The van der Waals surface area contributed by atoms with Gasteiger partial charge in [0.2, 0.25) is 0 Å². The monoisotopic (exact) mass is 287 g/mol. The minimum absolute atomic E-state index is 0.328. The number of H-pyrrole nitrogens is 1. The number of carbonyl (C=O) groups excluding carboxylic acids is 1. The minimum Gasteiger partial charge on any atom is -0.478 e. The Labute approximate surface area is 119 Å². The summed E-state index contributed by atoms with van der Waals surface area (Å²) < 4.78 is 0. The van der Waals surface area contributed by atoms with Crippen molar-refractivity contribution in [2.75, 3.05) is 0 Å². The summed E-state index contributed by atoms with van der Waals surface area (Å²) in [7, 11) is 0. The summed E-state index contributed by atoms with van der Waals surface area (Å²) in [5.74, 6) is -0.924. The zero-order valence-electron chi connectivity index (χ0n) is 11.1. The lowest BCUT2D eigenvalue weighted by molar-refractivity contribution is -0.131. The van der Waals surface area contributed by atoms with Crippen molar-refractivity contribution in [1.82, 2.24) is 25.5 Å². The molecule has 0 saturated carbocycles. The topological polar surface area (TPSA) is 121 Å². The molecule has 8 heteroatoms. The van der Waals surface area contributed by atoms with Crippen molar-refractivity contribution < 1.29 is 14.7 Å². The van der Waals surface area contributed by atoms with E-state index in [1.165, 1.54) is 30.9 Å². The van der Waals surface area contributed by atoms with Gasteiger partial charge in [-0.25, -0.2) is 9.78 Å². The van der Waals surface area contributed by atoms with Crippen LogP contribution in [0.15, 0.2) is 30.9 Å². The van der Waals surface area contributed by atoms with Crippen molar-refractivity contribution in [2.45, 2.75) is 13.0 Å². The average molecular weight is 287 g/mol. The lowest BCUT2D eigenvalue weighted by Gasteiger charge is -2.12. The third-order valence-electron chi connectivity index (χ3n) is 2.69. The van der Waals surface area contributed by atoms with E-state index in [9.17, 15) is 9.59 Å². The fraction of sp³-hybridized carbons (Fsp3) is 0.154. The quantitative estimate of drug-likeness (QED) is 0.699. The van der Waals surface area contributed by atoms with Gasteiger partial charge in [0, 0.05) is 29.6 Å². The van der Waals surface area contributed by atoms with E-state index >= 15 is 0 Å². The van der Waals surface area contributed by atoms with Crippen molar-refractivity contribution in [3.05, 3.63) is 47.8 Å². The summed E-state index contributed by atoms with van der Waals surface area (Å²) in [4.78, 5) is 30.6. The number of nitrogens with zero attached hydrogens (tertiary/aromatic N) is 3. The molecule has 0 aliphatic carbocycles. The van der Waals surface area contributed by atoms with E-state index in [0.717, 1.165) is 6.08 Å². The molecule has 0 fully saturated rings. The normalized spacial score (nSPS) is 12.2. The first-order chi connectivity index (χ1) is 10.1. The average Bonchev–Trinajstić information content (AvgIpc) is 2.99. The van der Waals surface area contributed by atoms with E-state index in [4.69, 9.17) is 5.11 Å². The molecule has 0 spiro atoms. The third kappa shape index (κ3) is 3.72. The van der Waals surface area contributed by atoms with Gasteiger partial charge in [-0.1, -0.05) is 0 Å². The van der Waals surface area contributed by atoms with Gasteiger partial charge in [-0.3, -0.25) is 14.9 Å². The van der Waals surface area contributed by atoms with Gasteiger partial charge in [-0.05, 0) is 19.1 Å². The second-order valence-corrected chi connectivity index (χ2v) is 4.20. The van der Waals surface area contributed by atoms with Crippen LogP contribution in [0.4, 0.5) is 0 Å². The molecule has 2 aromatic rings. The van der Waals surface area contributed by atoms with Crippen LogP contribution in [-0.4, -0.2) is 37.1 Å². The number of hydrogen-bond acceptors (Lipinski definition) is 5. The molecule has 0 aliphatic rings. The largest absolute Gasteiger partial charge is 0.478 e. The molecule has 2 aromatic heterocycles. The van der Waals surface area contributed by atoms with E-state index in [1.54, 1.807) is 6.92 Å². The molecular formula is C13H13N5O3. The van der Waals surface area contributed by atoms with Crippen molar-refractivity contribution in [3.8, 4) is 0 Å². The maximum atomic E-state index is 12.2. The standard InChI is InChI=1S/C13H13N5O3/c1-8(12-15-7-16-18-12)17-13(21)10-4-5-14-6-9(10)2-3-11(19)20/h2-8H,1H3,(H,17,21)(H,19,20)(H,15,16,18)/b3-2+. The number of aromatic nitrogens is 4. The second-order valence-electron chi connectivity index (χ2n) is 4.20. The van der Waals surface area contributed by atoms with Crippen molar-refractivity contribution in [2.24, 2.45) is 0 Å². The lowest BCUT2D eigenvalue weighted by atomic mass is 10.1.